The Kier molecular flexibility index (Phi) is 3.66. The standard InChI is InChI=1S/C26H21FN2S/c1-14-10-15(2)24(16(3)11-14)21-12-23(28-13-22(21)27)20-7-5-6-18-19-9-8-17(4)29-26(19)30-25(18)20/h5-13H,1-4H3/i4D3. The Morgan fingerprint density at radius 3 is 2.50 bits per heavy atom. The summed E-state index contributed by atoms with van der Waals surface area (Å²) >= 11 is 1.43. The van der Waals surface area contributed by atoms with Crippen LogP contribution in [0.25, 0.3) is 42.7 Å². The van der Waals surface area contributed by atoms with Gasteiger partial charge in [0.25, 0.3) is 0 Å². The molecule has 0 fully saturated rings. The third-order valence-corrected chi connectivity index (χ3v) is 6.59. The first-order chi connectivity index (χ1) is 15.6. The highest BCUT2D eigenvalue weighted by Crippen LogP contribution is 2.40. The molecule has 0 radical (unpaired) electrons. The predicted molar refractivity (Wildman–Crippen MR) is 125 cm³/mol. The maximum absolute atomic E-state index is 14.9. The fourth-order valence-electron chi connectivity index (χ4n) is 4.26. The van der Waals surface area contributed by atoms with Crippen LogP contribution in [-0.2, 0) is 0 Å². The lowest BCUT2D eigenvalue weighted by molar-refractivity contribution is 0.625. The van der Waals surface area contributed by atoms with E-state index in [2.05, 4.69) is 22.1 Å². The molecule has 3 heterocycles. The van der Waals surface area contributed by atoms with Gasteiger partial charge in [-0.1, -0.05) is 35.9 Å². The van der Waals surface area contributed by atoms with E-state index in [0.717, 1.165) is 43.3 Å². The van der Waals surface area contributed by atoms with Crippen molar-refractivity contribution in [2.75, 3.05) is 0 Å². The molecule has 0 amide bonds. The topological polar surface area (TPSA) is 25.8 Å². The lowest BCUT2D eigenvalue weighted by atomic mass is 9.93. The van der Waals surface area contributed by atoms with E-state index in [1.165, 1.54) is 17.5 Å². The van der Waals surface area contributed by atoms with Crippen molar-refractivity contribution in [2.45, 2.75) is 27.6 Å². The normalized spacial score (nSPS) is 13.4. The number of fused-ring (bicyclic) bond motifs is 3. The molecule has 148 valence electrons. The summed E-state index contributed by atoms with van der Waals surface area (Å²) in [5, 5.41) is 1.88. The molecule has 0 unspecified atom stereocenters. The molecule has 5 aromatic rings. The SMILES string of the molecule is [2H]C([2H])([2H])c1ccc2c(n1)sc1c(-c3cc(-c4c(C)cc(C)cc4C)c(F)cn3)cccc12. The first-order valence-corrected chi connectivity index (χ1v) is 10.5. The van der Waals surface area contributed by atoms with Gasteiger partial charge in [0, 0.05) is 36.4 Å². The van der Waals surface area contributed by atoms with Gasteiger partial charge in [0.15, 0.2) is 0 Å². The molecular formula is C26H21FN2S. The number of pyridine rings is 2. The third kappa shape index (κ3) is 2.99. The zero-order chi connectivity index (χ0) is 23.5. The van der Waals surface area contributed by atoms with E-state index in [9.17, 15) is 4.39 Å². The zero-order valence-electron chi connectivity index (χ0n) is 19.9. The van der Waals surface area contributed by atoms with Gasteiger partial charge in [-0.05, 0) is 62.5 Å². The molecule has 0 bridgehead atoms. The highest BCUT2D eigenvalue weighted by atomic mass is 32.1. The van der Waals surface area contributed by atoms with Crippen LogP contribution in [0, 0.1) is 33.4 Å². The molecule has 0 saturated carbocycles. The van der Waals surface area contributed by atoms with Crippen LogP contribution in [0.5, 0.6) is 0 Å². The highest BCUT2D eigenvalue weighted by molar-refractivity contribution is 7.26. The largest absolute Gasteiger partial charge is 0.253 e. The molecule has 2 aromatic carbocycles. The summed E-state index contributed by atoms with van der Waals surface area (Å²) in [6.07, 6.45) is 1.28. The molecule has 0 saturated heterocycles. The second-order valence-electron chi connectivity index (χ2n) is 7.66. The minimum Gasteiger partial charge on any atom is -0.253 e. The molecule has 0 aliphatic rings. The van der Waals surface area contributed by atoms with Gasteiger partial charge < -0.3 is 0 Å². The van der Waals surface area contributed by atoms with Gasteiger partial charge in [-0.25, -0.2) is 9.37 Å². The molecule has 0 aliphatic heterocycles. The summed E-state index contributed by atoms with van der Waals surface area (Å²) in [7, 11) is 0. The minimum absolute atomic E-state index is 0.0793. The predicted octanol–water partition coefficient (Wildman–Crippen LogP) is 7.55. The summed E-state index contributed by atoms with van der Waals surface area (Å²) in [6, 6.07) is 15.2. The van der Waals surface area contributed by atoms with E-state index in [4.69, 9.17) is 4.11 Å². The number of benzene rings is 2. The van der Waals surface area contributed by atoms with E-state index in [-0.39, 0.29) is 11.5 Å². The fourth-order valence-corrected chi connectivity index (χ4v) is 5.46. The van der Waals surface area contributed by atoms with Crippen LogP contribution in [-0.4, -0.2) is 9.97 Å². The summed E-state index contributed by atoms with van der Waals surface area (Å²) in [5.41, 5.74) is 6.20. The number of aromatic nitrogens is 2. The van der Waals surface area contributed by atoms with Gasteiger partial charge in [-0.3, -0.25) is 4.98 Å². The molecule has 0 aliphatic carbocycles. The number of hydrogen-bond donors (Lipinski definition) is 0. The Morgan fingerprint density at radius 1 is 0.933 bits per heavy atom. The molecule has 2 nitrogen and oxygen atoms in total. The van der Waals surface area contributed by atoms with Gasteiger partial charge in [-0.2, -0.15) is 0 Å². The summed E-state index contributed by atoms with van der Waals surface area (Å²) in [5.74, 6) is -0.360. The zero-order valence-corrected chi connectivity index (χ0v) is 17.7. The van der Waals surface area contributed by atoms with E-state index in [0.29, 0.717) is 16.1 Å². The van der Waals surface area contributed by atoms with Crippen molar-refractivity contribution < 1.29 is 8.50 Å². The van der Waals surface area contributed by atoms with Gasteiger partial charge in [-0.15, -0.1) is 11.3 Å². The number of nitrogens with zero attached hydrogens (tertiary/aromatic N) is 2. The molecule has 0 spiro atoms. The summed E-state index contributed by atoms with van der Waals surface area (Å²) in [6.45, 7) is 3.77. The molecule has 5 rings (SSSR count). The van der Waals surface area contributed by atoms with Crippen molar-refractivity contribution in [3.05, 3.63) is 82.9 Å². The molecule has 0 atom stereocenters. The smallest absolute Gasteiger partial charge is 0.149 e. The van der Waals surface area contributed by atoms with Gasteiger partial charge in [0.2, 0.25) is 0 Å². The van der Waals surface area contributed by atoms with Crippen LogP contribution < -0.4 is 0 Å². The van der Waals surface area contributed by atoms with Gasteiger partial charge in [0.05, 0.1) is 11.9 Å². The highest BCUT2D eigenvalue weighted by Gasteiger charge is 2.16. The Morgan fingerprint density at radius 2 is 1.73 bits per heavy atom. The van der Waals surface area contributed by atoms with Crippen molar-refractivity contribution in [3.63, 3.8) is 0 Å². The second kappa shape index (κ2) is 6.99. The average Bonchev–Trinajstić information content (AvgIpc) is 3.12. The maximum Gasteiger partial charge on any atom is 0.149 e. The second-order valence-corrected chi connectivity index (χ2v) is 8.66. The summed E-state index contributed by atoms with van der Waals surface area (Å²) < 4.78 is 38.9. The molecule has 0 N–H and O–H groups in total. The van der Waals surface area contributed by atoms with Crippen molar-refractivity contribution in [3.8, 4) is 22.4 Å². The lowest BCUT2D eigenvalue weighted by Crippen LogP contribution is -1.95. The number of rotatable bonds is 2. The van der Waals surface area contributed by atoms with E-state index >= 15 is 0 Å². The van der Waals surface area contributed by atoms with Crippen molar-refractivity contribution in [2.24, 2.45) is 0 Å². The van der Waals surface area contributed by atoms with Crippen molar-refractivity contribution >= 4 is 31.6 Å². The molecule has 3 aromatic heterocycles. The van der Waals surface area contributed by atoms with E-state index in [1.54, 1.807) is 12.1 Å². The van der Waals surface area contributed by atoms with E-state index < -0.39 is 6.85 Å². The number of thiophene rings is 1. The minimum atomic E-state index is -2.26. The van der Waals surface area contributed by atoms with Gasteiger partial charge >= 0.3 is 0 Å². The Hall–Kier alpha value is -3.11. The van der Waals surface area contributed by atoms with Crippen LogP contribution in [0.4, 0.5) is 4.39 Å². The first kappa shape index (κ1) is 15.7. The molecule has 30 heavy (non-hydrogen) atoms. The van der Waals surface area contributed by atoms with Crippen molar-refractivity contribution in [1.29, 1.82) is 0 Å². The number of hydrogen-bond acceptors (Lipinski definition) is 3. The van der Waals surface area contributed by atoms with E-state index in [1.807, 2.05) is 45.0 Å². The Bertz CT molecular complexity index is 1530. The quantitative estimate of drug-likeness (QED) is 0.297. The lowest BCUT2D eigenvalue weighted by Gasteiger charge is -2.14. The van der Waals surface area contributed by atoms with Crippen LogP contribution >= 0.6 is 11.3 Å². The molecule has 4 heteroatoms. The van der Waals surface area contributed by atoms with Crippen LogP contribution in [0.1, 0.15) is 26.5 Å². The number of halogens is 1. The third-order valence-electron chi connectivity index (χ3n) is 5.44. The summed E-state index contributed by atoms with van der Waals surface area (Å²) in [4.78, 5) is 9.48. The molecular weight excluding hydrogens is 391 g/mol. The maximum atomic E-state index is 14.9. The first-order valence-electron chi connectivity index (χ1n) is 11.2. The number of aryl methyl sites for hydroxylation is 4. The Labute approximate surface area is 183 Å². The fraction of sp³-hybridized carbons (Fsp3) is 0.154. The average molecular weight is 416 g/mol. The van der Waals surface area contributed by atoms with Crippen molar-refractivity contribution in [1.82, 2.24) is 9.97 Å². The Balaban J connectivity index is 1.73. The van der Waals surface area contributed by atoms with Gasteiger partial charge in [0.1, 0.15) is 10.6 Å². The van der Waals surface area contributed by atoms with Crippen LogP contribution in [0.3, 0.4) is 0 Å². The van der Waals surface area contributed by atoms with Crippen LogP contribution in [0.15, 0.2) is 54.7 Å². The monoisotopic (exact) mass is 415 g/mol. The van der Waals surface area contributed by atoms with Crippen LogP contribution in [0.2, 0.25) is 0 Å².